The van der Waals surface area contributed by atoms with E-state index in [1.54, 1.807) is 0 Å². The highest BCUT2D eigenvalue weighted by molar-refractivity contribution is 9.11. The first kappa shape index (κ1) is 13.2. The predicted octanol–water partition coefficient (Wildman–Crippen LogP) is 3.14. The van der Waals surface area contributed by atoms with E-state index in [1.165, 1.54) is 11.3 Å². The third-order valence-corrected chi connectivity index (χ3v) is 4.44. The van der Waals surface area contributed by atoms with E-state index >= 15 is 0 Å². The Labute approximate surface area is 113 Å². The number of halogens is 1. The van der Waals surface area contributed by atoms with Crippen LogP contribution in [0.5, 0.6) is 0 Å². The summed E-state index contributed by atoms with van der Waals surface area (Å²) in [5.74, 6) is 0.611. The standard InChI is InChI=1S/C12H15BrO3S/c13-12-2-1-11(17-12)10(14)8-16-7-9-3-5-15-6-4-9/h1-2,9H,3-8H2. The zero-order chi connectivity index (χ0) is 12.1. The summed E-state index contributed by atoms with van der Waals surface area (Å²) in [6.07, 6.45) is 2.08. The fourth-order valence-electron chi connectivity index (χ4n) is 1.77. The largest absolute Gasteiger partial charge is 0.381 e. The van der Waals surface area contributed by atoms with E-state index in [9.17, 15) is 4.79 Å². The number of Topliss-reactive ketones (excluding diaryl/α,β-unsaturated/α-hetero) is 1. The molecular weight excluding hydrogens is 304 g/mol. The Morgan fingerprint density at radius 3 is 2.88 bits per heavy atom. The van der Waals surface area contributed by atoms with Crippen LogP contribution in [0.1, 0.15) is 22.5 Å². The first-order valence-electron chi connectivity index (χ1n) is 5.70. The number of carbonyl (C=O) groups excluding carboxylic acids is 1. The fraction of sp³-hybridized carbons (Fsp3) is 0.583. The van der Waals surface area contributed by atoms with Gasteiger partial charge in [-0.3, -0.25) is 4.79 Å². The second kappa shape index (κ2) is 6.64. The lowest BCUT2D eigenvalue weighted by molar-refractivity contribution is 0.0217. The van der Waals surface area contributed by atoms with Gasteiger partial charge < -0.3 is 9.47 Å². The van der Waals surface area contributed by atoms with Crippen LogP contribution in [0.4, 0.5) is 0 Å². The monoisotopic (exact) mass is 318 g/mol. The lowest BCUT2D eigenvalue weighted by Crippen LogP contribution is -2.21. The fourth-order valence-corrected chi connectivity index (χ4v) is 3.08. The number of ketones is 1. The van der Waals surface area contributed by atoms with Gasteiger partial charge in [0.1, 0.15) is 6.61 Å². The third-order valence-electron chi connectivity index (χ3n) is 2.78. The quantitative estimate of drug-likeness (QED) is 0.782. The Balaban J connectivity index is 1.69. The van der Waals surface area contributed by atoms with Crippen LogP contribution in [0.2, 0.25) is 0 Å². The summed E-state index contributed by atoms with van der Waals surface area (Å²) in [4.78, 5) is 12.5. The molecule has 0 aliphatic carbocycles. The Morgan fingerprint density at radius 1 is 1.47 bits per heavy atom. The van der Waals surface area contributed by atoms with E-state index in [4.69, 9.17) is 9.47 Å². The first-order chi connectivity index (χ1) is 8.25. The molecule has 17 heavy (non-hydrogen) atoms. The van der Waals surface area contributed by atoms with Crippen LogP contribution in [0.25, 0.3) is 0 Å². The molecule has 1 aliphatic rings. The lowest BCUT2D eigenvalue weighted by Gasteiger charge is -2.21. The van der Waals surface area contributed by atoms with Crippen LogP contribution < -0.4 is 0 Å². The average molecular weight is 319 g/mol. The Hall–Kier alpha value is -0.230. The van der Waals surface area contributed by atoms with Crippen LogP contribution >= 0.6 is 27.3 Å². The molecule has 94 valence electrons. The number of rotatable bonds is 5. The summed E-state index contributed by atoms with van der Waals surface area (Å²) in [6, 6.07) is 3.71. The molecule has 5 heteroatoms. The molecule has 0 N–H and O–H groups in total. The minimum atomic E-state index is 0.0627. The van der Waals surface area contributed by atoms with Gasteiger partial charge in [-0.05, 0) is 46.8 Å². The summed E-state index contributed by atoms with van der Waals surface area (Å²) in [5.41, 5.74) is 0. The molecule has 3 nitrogen and oxygen atoms in total. The van der Waals surface area contributed by atoms with Crippen molar-refractivity contribution in [1.29, 1.82) is 0 Å². The Kier molecular flexibility index (Phi) is 5.16. The van der Waals surface area contributed by atoms with Gasteiger partial charge in [-0.15, -0.1) is 11.3 Å². The molecule has 1 aromatic heterocycles. The van der Waals surface area contributed by atoms with Gasteiger partial charge in [0, 0.05) is 13.2 Å². The summed E-state index contributed by atoms with van der Waals surface area (Å²) in [5, 5.41) is 0. The smallest absolute Gasteiger partial charge is 0.198 e. The van der Waals surface area contributed by atoms with Crippen molar-refractivity contribution in [2.45, 2.75) is 12.8 Å². The van der Waals surface area contributed by atoms with Crippen LogP contribution in [0.15, 0.2) is 15.9 Å². The molecule has 2 rings (SSSR count). The highest BCUT2D eigenvalue weighted by Crippen LogP contribution is 2.22. The van der Waals surface area contributed by atoms with Crippen molar-refractivity contribution in [3.05, 3.63) is 20.8 Å². The molecule has 0 unspecified atom stereocenters. The SMILES string of the molecule is O=C(COCC1CCOCC1)c1ccc(Br)s1. The maximum absolute atomic E-state index is 11.7. The number of carbonyl (C=O) groups is 1. The molecule has 0 bridgehead atoms. The Bertz CT molecular complexity index is 372. The van der Waals surface area contributed by atoms with E-state index in [0.29, 0.717) is 12.5 Å². The van der Waals surface area contributed by atoms with Crippen molar-refractivity contribution in [2.24, 2.45) is 5.92 Å². The lowest BCUT2D eigenvalue weighted by atomic mass is 10.0. The number of ether oxygens (including phenoxy) is 2. The number of hydrogen-bond acceptors (Lipinski definition) is 4. The van der Waals surface area contributed by atoms with Crippen LogP contribution in [-0.2, 0) is 9.47 Å². The summed E-state index contributed by atoms with van der Waals surface area (Å²) >= 11 is 4.79. The third kappa shape index (κ3) is 4.17. The van der Waals surface area contributed by atoms with Crippen molar-refractivity contribution in [3.63, 3.8) is 0 Å². The zero-order valence-electron chi connectivity index (χ0n) is 9.49. The van der Waals surface area contributed by atoms with Gasteiger partial charge in [0.15, 0.2) is 5.78 Å². The van der Waals surface area contributed by atoms with Crippen LogP contribution in [0.3, 0.4) is 0 Å². The highest BCUT2D eigenvalue weighted by Gasteiger charge is 2.15. The molecular formula is C12H15BrO3S. The van der Waals surface area contributed by atoms with Crippen LogP contribution in [-0.4, -0.2) is 32.2 Å². The second-order valence-corrected chi connectivity index (χ2v) is 6.56. The molecule has 0 atom stereocenters. The topological polar surface area (TPSA) is 35.5 Å². The maximum Gasteiger partial charge on any atom is 0.198 e. The molecule has 0 aromatic carbocycles. The van der Waals surface area contributed by atoms with E-state index in [1.807, 2.05) is 12.1 Å². The van der Waals surface area contributed by atoms with Crippen LogP contribution in [0, 0.1) is 5.92 Å². The zero-order valence-corrected chi connectivity index (χ0v) is 11.9. The van der Waals surface area contributed by atoms with E-state index in [0.717, 1.165) is 34.7 Å². The second-order valence-electron chi connectivity index (χ2n) is 4.10. The molecule has 2 heterocycles. The minimum absolute atomic E-state index is 0.0627. The van der Waals surface area contributed by atoms with Gasteiger partial charge >= 0.3 is 0 Å². The van der Waals surface area contributed by atoms with Crippen molar-refractivity contribution in [2.75, 3.05) is 26.4 Å². The van der Waals surface area contributed by atoms with E-state index in [-0.39, 0.29) is 12.4 Å². The normalized spacial score (nSPS) is 17.2. The van der Waals surface area contributed by atoms with Gasteiger partial charge in [0.25, 0.3) is 0 Å². The highest BCUT2D eigenvalue weighted by atomic mass is 79.9. The molecule has 0 spiro atoms. The molecule has 0 saturated carbocycles. The Morgan fingerprint density at radius 2 is 2.24 bits per heavy atom. The van der Waals surface area contributed by atoms with Crippen molar-refractivity contribution < 1.29 is 14.3 Å². The predicted molar refractivity (Wildman–Crippen MR) is 70.7 cm³/mol. The summed E-state index contributed by atoms with van der Waals surface area (Å²) in [6.45, 7) is 2.49. The van der Waals surface area contributed by atoms with Crippen molar-refractivity contribution in [3.8, 4) is 0 Å². The summed E-state index contributed by atoms with van der Waals surface area (Å²) in [7, 11) is 0. The number of hydrogen-bond donors (Lipinski definition) is 0. The summed E-state index contributed by atoms with van der Waals surface area (Å²) < 4.78 is 11.7. The van der Waals surface area contributed by atoms with Gasteiger partial charge in [-0.1, -0.05) is 0 Å². The van der Waals surface area contributed by atoms with Gasteiger partial charge in [0.05, 0.1) is 15.3 Å². The van der Waals surface area contributed by atoms with Gasteiger partial charge in [-0.25, -0.2) is 0 Å². The molecule has 0 radical (unpaired) electrons. The van der Waals surface area contributed by atoms with Gasteiger partial charge in [-0.2, -0.15) is 0 Å². The molecule has 1 aliphatic heterocycles. The van der Waals surface area contributed by atoms with Crippen molar-refractivity contribution >= 4 is 33.0 Å². The minimum Gasteiger partial charge on any atom is -0.381 e. The molecule has 1 saturated heterocycles. The number of thiophene rings is 1. The van der Waals surface area contributed by atoms with E-state index in [2.05, 4.69) is 15.9 Å². The average Bonchev–Trinajstić information content (AvgIpc) is 2.77. The van der Waals surface area contributed by atoms with Crippen molar-refractivity contribution in [1.82, 2.24) is 0 Å². The van der Waals surface area contributed by atoms with Gasteiger partial charge in [0.2, 0.25) is 0 Å². The van der Waals surface area contributed by atoms with E-state index < -0.39 is 0 Å². The maximum atomic E-state index is 11.7. The molecule has 1 aromatic rings. The first-order valence-corrected chi connectivity index (χ1v) is 7.30. The molecule has 0 amide bonds. The molecule has 1 fully saturated rings.